The third-order valence-corrected chi connectivity index (χ3v) is 4.40. The Labute approximate surface area is 114 Å². The Kier molecular flexibility index (Phi) is 5.54. The molecule has 5 heteroatoms. The van der Waals surface area contributed by atoms with Gasteiger partial charge in [-0.1, -0.05) is 26.0 Å². The van der Waals surface area contributed by atoms with Crippen LogP contribution in [0.2, 0.25) is 0 Å². The summed E-state index contributed by atoms with van der Waals surface area (Å²) >= 11 is 0. The summed E-state index contributed by atoms with van der Waals surface area (Å²) in [5, 5.41) is 0. The van der Waals surface area contributed by atoms with Crippen molar-refractivity contribution in [2.75, 3.05) is 12.9 Å². The van der Waals surface area contributed by atoms with E-state index in [4.69, 9.17) is 0 Å². The van der Waals surface area contributed by atoms with Gasteiger partial charge in [0.1, 0.15) is 0 Å². The summed E-state index contributed by atoms with van der Waals surface area (Å²) in [5.41, 5.74) is 1.11. The molecule has 0 saturated carbocycles. The minimum Gasteiger partial charge on any atom is -0.465 e. The van der Waals surface area contributed by atoms with E-state index >= 15 is 0 Å². The summed E-state index contributed by atoms with van der Waals surface area (Å²) < 4.78 is 28.4. The van der Waals surface area contributed by atoms with Gasteiger partial charge in [-0.3, -0.25) is 0 Å². The van der Waals surface area contributed by atoms with Crippen molar-refractivity contribution >= 4 is 15.8 Å². The van der Waals surface area contributed by atoms with Crippen molar-refractivity contribution in [2.45, 2.75) is 26.0 Å². The molecule has 0 fully saturated rings. The van der Waals surface area contributed by atoms with Crippen LogP contribution in [0, 0.1) is 5.92 Å². The van der Waals surface area contributed by atoms with Crippen LogP contribution in [0.3, 0.4) is 0 Å². The van der Waals surface area contributed by atoms with Gasteiger partial charge in [-0.2, -0.15) is 0 Å². The summed E-state index contributed by atoms with van der Waals surface area (Å²) in [6, 6.07) is 6.47. The highest BCUT2D eigenvalue weighted by atomic mass is 32.2. The summed E-state index contributed by atoms with van der Waals surface area (Å²) in [6.07, 6.45) is 0.669. The molecule has 4 nitrogen and oxygen atoms in total. The molecule has 0 heterocycles. The van der Waals surface area contributed by atoms with Gasteiger partial charge in [-0.25, -0.2) is 13.2 Å². The summed E-state index contributed by atoms with van der Waals surface area (Å²) in [6.45, 7) is 4.00. The van der Waals surface area contributed by atoms with E-state index in [1.54, 1.807) is 24.3 Å². The first kappa shape index (κ1) is 15.7. The lowest BCUT2D eigenvalue weighted by molar-refractivity contribution is 0.0600. The number of benzene rings is 1. The van der Waals surface area contributed by atoms with Gasteiger partial charge in [0.05, 0.1) is 24.2 Å². The van der Waals surface area contributed by atoms with E-state index in [2.05, 4.69) is 4.74 Å². The minimum absolute atomic E-state index is 0.0151. The molecule has 0 radical (unpaired) electrons. The second-order valence-corrected chi connectivity index (χ2v) is 7.15. The van der Waals surface area contributed by atoms with Crippen molar-refractivity contribution in [3.63, 3.8) is 0 Å². The molecule has 1 aromatic rings. The van der Waals surface area contributed by atoms with Gasteiger partial charge in [0, 0.05) is 0 Å². The Morgan fingerprint density at radius 2 is 1.79 bits per heavy atom. The van der Waals surface area contributed by atoms with Crippen LogP contribution in [0.5, 0.6) is 0 Å². The molecule has 0 amide bonds. The highest BCUT2D eigenvalue weighted by Crippen LogP contribution is 2.12. The number of hydrogen-bond acceptors (Lipinski definition) is 4. The van der Waals surface area contributed by atoms with E-state index in [0.29, 0.717) is 23.5 Å². The molecule has 0 saturated heterocycles. The molecule has 1 rings (SSSR count). The molecule has 1 aromatic carbocycles. The normalized spacial score (nSPS) is 11.6. The maximum Gasteiger partial charge on any atom is 0.337 e. The van der Waals surface area contributed by atoms with Gasteiger partial charge in [0.15, 0.2) is 9.84 Å². The van der Waals surface area contributed by atoms with E-state index in [-0.39, 0.29) is 11.5 Å². The van der Waals surface area contributed by atoms with E-state index in [0.717, 1.165) is 0 Å². The number of ether oxygens (including phenoxy) is 1. The molecule has 106 valence electrons. The highest BCUT2D eigenvalue weighted by molar-refractivity contribution is 7.90. The van der Waals surface area contributed by atoms with Crippen LogP contribution in [-0.2, 0) is 20.3 Å². The first-order valence-electron chi connectivity index (χ1n) is 6.22. The van der Waals surface area contributed by atoms with E-state index in [9.17, 15) is 13.2 Å². The van der Waals surface area contributed by atoms with E-state index < -0.39 is 15.8 Å². The Morgan fingerprint density at radius 3 is 2.26 bits per heavy atom. The van der Waals surface area contributed by atoms with Crippen LogP contribution in [0.4, 0.5) is 0 Å². The second kappa shape index (κ2) is 6.70. The fraction of sp³-hybridized carbons (Fsp3) is 0.500. The average molecular weight is 284 g/mol. The summed E-state index contributed by atoms with van der Waals surface area (Å²) in [7, 11) is -1.77. The van der Waals surface area contributed by atoms with E-state index in [1.165, 1.54) is 7.11 Å². The SMILES string of the molecule is COC(=O)c1ccc(CS(=O)(=O)CCC(C)C)cc1. The molecular formula is C14H20O4S. The van der Waals surface area contributed by atoms with Gasteiger partial charge < -0.3 is 4.74 Å². The number of carbonyl (C=O) groups is 1. The number of methoxy groups -OCH3 is 1. The molecule has 0 unspecified atom stereocenters. The van der Waals surface area contributed by atoms with Crippen molar-refractivity contribution < 1.29 is 17.9 Å². The average Bonchev–Trinajstić information content (AvgIpc) is 2.36. The molecule has 0 bridgehead atoms. The molecule has 0 aliphatic heterocycles. The Bertz CT molecular complexity index is 515. The first-order valence-corrected chi connectivity index (χ1v) is 8.04. The number of sulfone groups is 1. The standard InChI is InChI=1S/C14H20O4S/c1-11(2)8-9-19(16,17)10-12-4-6-13(7-5-12)14(15)18-3/h4-7,11H,8-10H2,1-3H3. The maximum absolute atomic E-state index is 11.9. The quantitative estimate of drug-likeness (QED) is 0.753. The van der Waals surface area contributed by atoms with Crippen LogP contribution in [0.1, 0.15) is 36.2 Å². The van der Waals surface area contributed by atoms with Gasteiger partial charge in [-0.05, 0) is 30.0 Å². The molecule has 0 aliphatic rings. The number of carbonyl (C=O) groups excluding carboxylic acids is 1. The van der Waals surface area contributed by atoms with Crippen molar-refractivity contribution in [1.82, 2.24) is 0 Å². The zero-order valence-corrected chi connectivity index (χ0v) is 12.4. The zero-order chi connectivity index (χ0) is 14.5. The predicted molar refractivity (Wildman–Crippen MR) is 74.7 cm³/mol. The largest absolute Gasteiger partial charge is 0.465 e. The van der Waals surface area contributed by atoms with Gasteiger partial charge in [-0.15, -0.1) is 0 Å². The first-order chi connectivity index (χ1) is 8.84. The van der Waals surface area contributed by atoms with Crippen LogP contribution in [0.25, 0.3) is 0 Å². The Hall–Kier alpha value is -1.36. The number of esters is 1. The smallest absolute Gasteiger partial charge is 0.337 e. The third-order valence-electron chi connectivity index (χ3n) is 2.77. The van der Waals surface area contributed by atoms with Crippen LogP contribution in [0.15, 0.2) is 24.3 Å². The number of hydrogen-bond donors (Lipinski definition) is 0. The minimum atomic E-state index is -3.08. The van der Waals surface area contributed by atoms with Gasteiger partial charge >= 0.3 is 5.97 Å². The lowest BCUT2D eigenvalue weighted by Gasteiger charge is -2.07. The molecule has 0 N–H and O–H groups in total. The third kappa shape index (κ3) is 5.42. The Morgan fingerprint density at radius 1 is 1.21 bits per heavy atom. The molecular weight excluding hydrogens is 264 g/mol. The van der Waals surface area contributed by atoms with Crippen LogP contribution >= 0.6 is 0 Å². The highest BCUT2D eigenvalue weighted by Gasteiger charge is 2.13. The van der Waals surface area contributed by atoms with Gasteiger partial charge in [0.2, 0.25) is 0 Å². The van der Waals surface area contributed by atoms with Crippen molar-refractivity contribution in [2.24, 2.45) is 5.92 Å². The predicted octanol–water partition coefficient (Wildman–Crippen LogP) is 2.43. The topological polar surface area (TPSA) is 60.4 Å². The monoisotopic (exact) mass is 284 g/mol. The lowest BCUT2D eigenvalue weighted by Crippen LogP contribution is -2.11. The summed E-state index contributed by atoms with van der Waals surface area (Å²) in [5.74, 6) is 0.163. The van der Waals surface area contributed by atoms with E-state index in [1.807, 2.05) is 13.8 Å². The number of rotatable bonds is 6. The second-order valence-electron chi connectivity index (χ2n) is 4.96. The van der Waals surface area contributed by atoms with Crippen molar-refractivity contribution in [1.29, 1.82) is 0 Å². The van der Waals surface area contributed by atoms with Crippen LogP contribution in [-0.4, -0.2) is 27.2 Å². The van der Waals surface area contributed by atoms with Crippen LogP contribution < -0.4 is 0 Å². The molecule has 0 aromatic heterocycles. The molecule has 0 aliphatic carbocycles. The lowest BCUT2D eigenvalue weighted by atomic mass is 10.1. The van der Waals surface area contributed by atoms with Crippen molar-refractivity contribution in [3.8, 4) is 0 Å². The van der Waals surface area contributed by atoms with Crippen molar-refractivity contribution in [3.05, 3.63) is 35.4 Å². The molecule has 0 atom stereocenters. The fourth-order valence-electron chi connectivity index (χ4n) is 1.60. The summed E-state index contributed by atoms with van der Waals surface area (Å²) in [4.78, 5) is 11.2. The zero-order valence-electron chi connectivity index (χ0n) is 11.5. The Balaban J connectivity index is 2.70. The molecule has 19 heavy (non-hydrogen) atoms. The van der Waals surface area contributed by atoms with Gasteiger partial charge in [0.25, 0.3) is 0 Å². The molecule has 0 spiro atoms. The fourth-order valence-corrected chi connectivity index (χ4v) is 3.27. The maximum atomic E-state index is 11.9.